The predicted molar refractivity (Wildman–Crippen MR) is 58.6 cm³/mol. The lowest BCUT2D eigenvalue weighted by Gasteiger charge is -2.08. The molecule has 1 heterocycles. The molecule has 14 heavy (non-hydrogen) atoms. The fraction of sp³-hybridized carbons (Fsp3) is 0.600. The van der Waals surface area contributed by atoms with Crippen molar-refractivity contribution in [2.75, 3.05) is 6.61 Å². The van der Waals surface area contributed by atoms with E-state index in [-0.39, 0.29) is 11.9 Å². The van der Waals surface area contributed by atoms with E-state index in [2.05, 4.69) is 16.9 Å². The molecule has 1 N–H and O–H groups in total. The molecule has 1 rings (SSSR count). The second kappa shape index (κ2) is 5.32. The highest BCUT2D eigenvalue weighted by atomic mass is 32.2. The van der Waals surface area contributed by atoms with Gasteiger partial charge in [0.2, 0.25) is 0 Å². The maximum atomic E-state index is 8.93. The number of aryl methyl sites for hydroxylation is 2. The van der Waals surface area contributed by atoms with E-state index in [1.165, 1.54) is 0 Å². The summed E-state index contributed by atoms with van der Waals surface area (Å²) in [6.45, 7) is 6.13. The maximum absolute atomic E-state index is 8.93. The van der Waals surface area contributed by atoms with Crippen molar-refractivity contribution in [2.24, 2.45) is 0 Å². The van der Waals surface area contributed by atoms with Crippen LogP contribution in [-0.4, -0.2) is 26.9 Å². The third kappa shape index (κ3) is 3.27. The molecule has 0 aliphatic carbocycles. The van der Waals surface area contributed by atoms with Crippen molar-refractivity contribution in [2.45, 2.75) is 37.5 Å². The third-order valence-electron chi connectivity index (χ3n) is 1.81. The van der Waals surface area contributed by atoms with Crippen molar-refractivity contribution in [1.82, 2.24) is 9.97 Å². The van der Waals surface area contributed by atoms with E-state index in [1.54, 1.807) is 11.8 Å². The number of hydrogen-bond acceptors (Lipinski definition) is 4. The standard InChI is InChI=1S/C10H16N2OS/c1-4-9-5-10(12-8(3)11-9)14-7(2)6-13/h5,7,13H,4,6H2,1-3H3. The molecule has 0 saturated carbocycles. The van der Waals surface area contributed by atoms with Crippen LogP contribution in [0.1, 0.15) is 25.4 Å². The Bertz CT molecular complexity index is 304. The molecular formula is C10H16N2OS. The van der Waals surface area contributed by atoms with Gasteiger partial charge in [0, 0.05) is 10.9 Å². The minimum atomic E-state index is 0.176. The molecule has 0 bridgehead atoms. The Morgan fingerprint density at radius 3 is 2.79 bits per heavy atom. The van der Waals surface area contributed by atoms with E-state index in [4.69, 9.17) is 5.11 Å². The lowest BCUT2D eigenvalue weighted by molar-refractivity contribution is 0.300. The quantitative estimate of drug-likeness (QED) is 0.611. The van der Waals surface area contributed by atoms with Crippen LogP contribution in [0.15, 0.2) is 11.1 Å². The van der Waals surface area contributed by atoms with Crippen LogP contribution in [0.25, 0.3) is 0 Å². The fourth-order valence-corrected chi connectivity index (χ4v) is 1.96. The van der Waals surface area contributed by atoms with E-state index >= 15 is 0 Å². The van der Waals surface area contributed by atoms with Crippen LogP contribution in [0.5, 0.6) is 0 Å². The topological polar surface area (TPSA) is 46.0 Å². The fourth-order valence-electron chi connectivity index (χ4n) is 1.08. The van der Waals surface area contributed by atoms with Gasteiger partial charge in [-0.2, -0.15) is 0 Å². The summed E-state index contributed by atoms with van der Waals surface area (Å²) in [6, 6.07) is 1.99. The van der Waals surface area contributed by atoms with Crippen LogP contribution in [0, 0.1) is 6.92 Å². The molecule has 0 saturated heterocycles. The van der Waals surface area contributed by atoms with E-state index < -0.39 is 0 Å². The SMILES string of the molecule is CCc1cc(SC(C)CO)nc(C)n1. The highest BCUT2D eigenvalue weighted by molar-refractivity contribution is 7.99. The van der Waals surface area contributed by atoms with Gasteiger partial charge in [0.15, 0.2) is 0 Å². The zero-order chi connectivity index (χ0) is 10.6. The molecule has 0 aliphatic heterocycles. The van der Waals surface area contributed by atoms with E-state index in [0.29, 0.717) is 0 Å². The minimum absolute atomic E-state index is 0.176. The smallest absolute Gasteiger partial charge is 0.126 e. The molecule has 1 atom stereocenters. The lowest BCUT2D eigenvalue weighted by Crippen LogP contribution is -2.04. The van der Waals surface area contributed by atoms with Crippen molar-refractivity contribution >= 4 is 11.8 Å². The number of nitrogens with zero attached hydrogens (tertiary/aromatic N) is 2. The molecule has 1 aromatic heterocycles. The summed E-state index contributed by atoms with van der Waals surface area (Å²) in [7, 11) is 0. The average molecular weight is 212 g/mol. The number of aromatic nitrogens is 2. The van der Waals surface area contributed by atoms with E-state index in [0.717, 1.165) is 23.0 Å². The van der Waals surface area contributed by atoms with Gasteiger partial charge in [-0.1, -0.05) is 13.8 Å². The van der Waals surface area contributed by atoms with Gasteiger partial charge in [-0.05, 0) is 19.4 Å². The highest BCUT2D eigenvalue weighted by Crippen LogP contribution is 2.21. The Morgan fingerprint density at radius 1 is 1.50 bits per heavy atom. The van der Waals surface area contributed by atoms with Gasteiger partial charge in [0.1, 0.15) is 10.9 Å². The summed E-state index contributed by atoms with van der Waals surface area (Å²) in [4.78, 5) is 8.61. The number of thioether (sulfide) groups is 1. The molecule has 0 amide bonds. The van der Waals surface area contributed by atoms with Crippen molar-refractivity contribution in [3.8, 4) is 0 Å². The van der Waals surface area contributed by atoms with Gasteiger partial charge in [-0.3, -0.25) is 0 Å². The number of aliphatic hydroxyl groups excluding tert-OH is 1. The van der Waals surface area contributed by atoms with Crippen LogP contribution in [0.3, 0.4) is 0 Å². The Labute approximate surface area is 89.0 Å². The minimum Gasteiger partial charge on any atom is -0.395 e. The molecule has 0 spiro atoms. The van der Waals surface area contributed by atoms with Crippen molar-refractivity contribution in [3.63, 3.8) is 0 Å². The number of rotatable bonds is 4. The average Bonchev–Trinajstić information content (AvgIpc) is 2.16. The molecule has 3 nitrogen and oxygen atoms in total. The summed E-state index contributed by atoms with van der Waals surface area (Å²) >= 11 is 1.59. The number of hydrogen-bond donors (Lipinski definition) is 1. The highest BCUT2D eigenvalue weighted by Gasteiger charge is 2.06. The van der Waals surface area contributed by atoms with Crippen LogP contribution >= 0.6 is 11.8 Å². The number of aliphatic hydroxyl groups is 1. The molecule has 4 heteroatoms. The molecule has 1 unspecified atom stereocenters. The monoisotopic (exact) mass is 212 g/mol. The van der Waals surface area contributed by atoms with Crippen LogP contribution in [0.4, 0.5) is 0 Å². The zero-order valence-electron chi connectivity index (χ0n) is 8.82. The lowest BCUT2D eigenvalue weighted by atomic mass is 10.3. The molecule has 78 valence electrons. The Kier molecular flexibility index (Phi) is 4.35. The Hall–Kier alpha value is -0.610. The first-order valence-electron chi connectivity index (χ1n) is 4.77. The second-order valence-corrected chi connectivity index (χ2v) is 4.67. The summed E-state index contributed by atoms with van der Waals surface area (Å²) in [6.07, 6.45) is 0.921. The second-order valence-electron chi connectivity index (χ2n) is 3.21. The van der Waals surface area contributed by atoms with E-state index in [9.17, 15) is 0 Å². The van der Waals surface area contributed by atoms with Crippen molar-refractivity contribution in [3.05, 3.63) is 17.6 Å². The van der Waals surface area contributed by atoms with Gasteiger partial charge in [-0.25, -0.2) is 9.97 Å². The van der Waals surface area contributed by atoms with Crippen LogP contribution < -0.4 is 0 Å². The summed E-state index contributed by atoms with van der Waals surface area (Å²) in [5, 5.41) is 10.1. The molecule has 0 aromatic carbocycles. The van der Waals surface area contributed by atoms with Gasteiger partial charge in [0.05, 0.1) is 6.61 Å². The predicted octanol–water partition coefficient (Wildman–Crippen LogP) is 1.82. The van der Waals surface area contributed by atoms with Gasteiger partial charge in [0.25, 0.3) is 0 Å². The van der Waals surface area contributed by atoms with E-state index in [1.807, 2.05) is 19.9 Å². The molecule has 0 aliphatic rings. The Morgan fingerprint density at radius 2 is 2.21 bits per heavy atom. The first-order valence-corrected chi connectivity index (χ1v) is 5.65. The summed E-state index contributed by atoms with van der Waals surface area (Å²) < 4.78 is 0. The van der Waals surface area contributed by atoms with Gasteiger partial charge in [-0.15, -0.1) is 11.8 Å². The summed E-state index contributed by atoms with van der Waals surface area (Å²) in [5.41, 5.74) is 1.06. The first-order chi connectivity index (χ1) is 6.65. The maximum Gasteiger partial charge on any atom is 0.126 e. The van der Waals surface area contributed by atoms with Crippen molar-refractivity contribution < 1.29 is 5.11 Å². The largest absolute Gasteiger partial charge is 0.395 e. The van der Waals surface area contributed by atoms with Crippen LogP contribution in [0.2, 0.25) is 0 Å². The first kappa shape index (κ1) is 11.5. The van der Waals surface area contributed by atoms with Gasteiger partial charge < -0.3 is 5.11 Å². The van der Waals surface area contributed by atoms with Crippen molar-refractivity contribution in [1.29, 1.82) is 0 Å². The molecule has 0 fully saturated rings. The van der Waals surface area contributed by atoms with Gasteiger partial charge >= 0.3 is 0 Å². The molecule has 0 radical (unpaired) electrons. The summed E-state index contributed by atoms with van der Waals surface area (Å²) in [5.74, 6) is 0.803. The zero-order valence-corrected chi connectivity index (χ0v) is 9.64. The van der Waals surface area contributed by atoms with Crippen LogP contribution in [-0.2, 0) is 6.42 Å². The molecular weight excluding hydrogens is 196 g/mol. The third-order valence-corrected chi connectivity index (χ3v) is 2.81. The Balaban J connectivity index is 2.81. The normalized spacial score (nSPS) is 12.9. The molecule has 1 aromatic rings.